The molecule has 2 unspecified atom stereocenters. The molecule has 0 radical (unpaired) electrons. The van der Waals surface area contributed by atoms with Crippen molar-refractivity contribution in [3.05, 3.63) is 90.0 Å². The maximum absolute atomic E-state index is 5.03. The van der Waals surface area contributed by atoms with Gasteiger partial charge in [0.2, 0.25) is 0 Å². The Morgan fingerprint density at radius 2 is 1.12 bits per heavy atom. The summed E-state index contributed by atoms with van der Waals surface area (Å²) in [5.74, 6) is 2.07. The van der Waals surface area contributed by atoms with Gasteiger partial charge in [-0.25, -0.2) is 4.98 Å². The SMILES string of the molecule is CCCCCCCCCCCCCCCCCCn1ccnc1C(C(C)C)C(C)(Cc1ccccc1)c1ccccc1. The van der Waals surface area contributed by atoms with Gasteiger partial charge < -0.3 is 4.57 Å². The van der Waals surface area contributed by atoms with Crippen LogP contribution < -0.4 is 0 Å². The molecule has 3 aromatic rings. The third kappa shape index (κ3) is 11.4. The van der Waals surface area contributed by atoms with E-state index in [-0.39, 0.29) is 5.41 Å². The van der Waals surface area contributed by atoms with Crippen LogP contribution in [0.5, 0.6) is 0 Å². The molecule has 1 heterocycles. The summed E-state index contributed by atoms with van der Waals surface area (Å²) < 4.78 is 2.47. The lowest BCUT2D eigenvalue weighted by molar-refractivity contribution is 0.281. The third-order valence-corrected chi connectivity index (χ3v) is 9.48. The van der Waals surface area contributed by atoms with Crippen LogP contribution in [-0.4, -0.2) is 9.55 Å². The van der Waals surface area contributed by atoms with Crippen molar-refractivity contribution in [2.45, 2.75) is 155 Å². The van der Waals surface area contributed by atoms with Gasteiger partial charge >= 0.3 is 0 Å². The van der Waals surface area contributed by atoms with E-state index in [0.29, 0.717) is 11.8 Å². The van der Waals surface area contributed by atoms with Crippen LogP contribution in [0.15, 0.2) is 73.1 Å². The predicted octanol–water partition coefficient (Wildman–Crippen LogP) is 12.1. The lowest BCUT2D eigenvalue weighted by Gasteiger charge is -2.41. The molecular formula is C40H62N2. The summed E-state index contributed by atoms with van der Waals surface area (Å²) in [5.41, 5.74) is 2.75. The Morgan fingerprint density at radius 1 is 0.643 bits per heavy atom. The highest BCUT2D eigenvalue weighted by Crippen LogP contribution is 2.45. The second-order valence-corrected chi connectivity index (χ2v) is 13.4. The number of aromatic nitrogens is 2. The maximum atomic E-state index is 5.03. The average Bonchev–Trinajstić information content (AvgIpc) is 3.45. The number of nitrogens with zero attached hydrogens (tertiary/aromatic N) is 2. The second kappa shape index (κ2) is 19.8. The molecular weight excluding hydrogens is 508 g/mol. The summed E-state index contributed by atoms with van der Waals surface area (Å²) in [6, 6.07) is 22.2. The minimum Gasteiger partial charge on any atom is -0.335 e. The van der Waals surface area contributed by atoms with Crippen molar-refractivity contribution in [3.63, 3.8) is 0 Å². The molecule has 0 saturated carbocycles. The Balaban J connectivity index is 1.44. The van der Waals surface area contributed by atoms with E-state index in [1.54, 1.807) is 0 Å². The summed E-state index contributed by atoms with van der Waals surface area (Å²) >= 11 is 0. The van der Waals surface area contributed by atoms with E-state index in [1.807, 2.05) is 6.20 Å². The highest BCUT2D eigenvalue weighted by atomic mass is 15.1. The Hall–Kier alpha value is -2.35. The van der Waals surface area contributed by atoms with Gasteiger partial charge in [-0.05, 0) is 29.9 Å². The van der Waals surface area contributed by atoms with E-state index in [9.17, 15) is 0 Å². The zero-order valence-corrected chi connectivity index (χ0v) is 27.7. The standard InChI is InChI=1S/C40H62N2/c1-5-6-7-8-9-10-11-12-13-14-15-16-17-18-19-26-32-42-33-31-41-39(42)38(35(2)3)40(4,37-29-24-21-25-30-37)34-36-27-22-20-23-28-36/h20-25,27-31,33,35,38H,5-19,26,32,34H2,1-4H3. The summed E-state index contributed by atoms with van der Waals surface area (Å²) in [6.45, 7) is 10.6. The molecule has 0 aliphatic rings. The van der Waals surface area contributed by atoms with Crippen molar-refractivity contribution in [1.29, 1.82) is 0 Å². The zero-order valence-electron chi connectivity index (χ0n) is 27.7. The summed E-state index contributed by atoms with van der Waals surface area (Å²) in [7, 11) is 0. The highest BCUT2D eigenvalue weighted by molar-refractivity contribution is 5.33. The number of hydrogen-bond acceptors (Lipinski definition) is 1. The van der Waals surface area contributed by atoms with Gasteiger partial charge in [0, 0.05) is 30.3 Å². The van der Waals surface area contributed by atoms with Gasteiger partial charge in [0.15, 0.2) is 0 Å². The predicted molar refractivity (Wildman–Crippen MR) is 183 cm³/mol. The van der Waals surface area contributed by atoms with Gasteiger partial charge in [0.1, 0.15) is 5.82 Å². The lowest BCUT2D eigenvalue weighted by Crippen LogP contribution is -2.37. The number of benzene rings is 2. The molecule has 2 atom stereocenters. The highest BCUT2D eigenvalue weighted by Gasteiger charge is 2.41. The molecule has 0 fully saturated rings. The topological polar surface area (TPSA) is 17.8 Å². The molecule has 0 saturated heterocycles. The Morgan fingerprint density at radius 3 is 1.62 bits per heavy atom. The van der Waals surface area contributed by atoms with E-state index in [0.717, 1.165) is 13.0 Å². The third-order valence-electron chi connectivity index (χ3n) is 9.48. The minimum absolute atomic E-state index is 0.0471. The minimum atomic E-state index is -0.0471. The van der Waals surface area contributed by atoms with Crippen LogP contribution in [0.25, 0.3) is 0 Å². The molecule has 0 spiro atoms. The van der Waals surface area contributed by atoms with Gasteiger partial charge in [-0.15, -0.1) is 0 Å². The quantitative estimate of drug-likeness (QED) is 0.104. The van der Waals surface area contributed by atoms with Gasteiger partial charge in [-0.1, -0.05) is 185 Å². The Labute approximate surface area is 259 Å². The molecule has 0 aliphatic heterocycles. The van der Waals surface area contributed by atoms with Crippen molar-refractivity contribution in [1.82, 2.24) is 9.55 Å². The normalized spacial score (nSPS) is 13.8. The molecule has 2 heteroatoms. The molecule has 0 aliphatic carbocycles. The van der Waals surface area contributed by atoms with E-state index in [2.05, 4.69) is 99.1 Å². The number of hydrogen-bond donors (Lipinski definition) is 0. The fraction of sp³-hybridized carbons (Fsp3) is 0.625. The average molecular weight is 571 g/mol. The number of aryl methyl sites for hydroxylation is 1. The summed E-state index contributed by atoms with van der Waals surface area (Å²) in [5, 5.41) is 0. The molecule has 2 aromatic carbocycles. The molecule has 0 N–H and O–H groups in total. The monoisotopic (exact) mass is 570 g/mol. The molecule has 3 rings (SSSR count). The maximum Gasteiger partial charge on any atom is 0.112 e. The van der Waals surface area contributed by atoms with Crippen LogP contribution in [0, 0.1) is 5.92 Å². The number of unbranched alkanes of at least 4 members (excludes halogenated alkanes) is 15. The van der Waals surface area contributed by atoms with Crippen LogP contribution >= 0.6 is 0 Å². The Kier molecular flexibility index (Phi) is 16.1. The van der Waals surface area contributed by atoms with Gasteiger partial charge in [0.25, 0.3) is 0 Å². The smallest absolute Gasteiger partial charge is 0.112 e. The van der Waals surface area contributed by atoms with Gasteiger partial charge in [-0.2, -0.15) is 0 Å². The molecule has 232 valence electrons. The van der Waals surface area contributed by atoms with Gasteiger partial charge in [-0.3, -0.25) is 0 Å². The van der Waals surface area contributed by atoms with E-state index < -0.39 is 0 Å². The van der Waals surface area contributed by atoms with Gasteiger partial charge in [0.05, 0.1) is 0 Å². The van der Waals surface area contributed by atoms with E-state index in [1.165, 1.54) is 120 Å². The van der Waals surface area contributed by atoms with Crippen molar-refractivity contribution < 1.29 is 0 Å². The summed E-state index contributed by atoms with van der Waals surface area (Å²) in [6.07, 6.45) is 27.8. The molecule has 0 bridgehead atoms. The zero-order chi connectivity index (χ0) is 29.9. The first kappa shape index (κ1) is 34.1. The van der Waals surface area contributed by atoms with Crippen LogP contribution in [0.4, 0.5) is 0 Å². The first-order valence-corrected chi connectivity index (χ1v) is 17.7. The lowest BCUT2D eigenvalue weighted by atomic mass is 9.64. The van der Waals surface area contributed by atoms with E-state index in [4.69, 9.17) is 4.98 Å². The van der Waals surface area contributed by atoms with Crippen LogP contribution in [0.2, 0.25) is 0 Å². The van der Waals surface area contributed by atoms with Crippen molar-refractivity contribution in [3.8, 4) is 0 Å². The first-order chi connectivity index (χ1) is 20.6. The fourth-order valence-corrected chi connectivity index (χ4v) is 7.17. The second-order valence-electron chi connectivity index (χ2n) is 13.4. The van der Waals surface area contributed by atoms with Crippen molar-refractivity contribution in [2.24, 2.45) is 5.92 Å². The molecule has 42 heavy (non-hydrogen) atoms. The number of imidazole rings is 1. The van der Waals surface area contributed by atoms with Crippen LogP contribution in [0.3, 0.4) is 0 Å². The largest absolute Gasteiger partial charge is 0.335 e. The van der Waals surface area contributed by atoms with Crippen molar-refractivity contribution in [2.75, 3.05) is 0 Å². The fourth-order valence-electron chi connectivity index (χ4n) is 7.17. The molecule has 2 nitrogen and oxygen atoms in total. The van der Waals surface area contributed by atoms with Crippen molar-refractivity contribution >= 4 is 0 Å². The summed E-state index contributed by atoms with van der Waals surface area (Å²) in [4.78, 5) is 5.03. The molecule has 0 amide bonds. The Bertz CT molecular complexity index is 1050. The number of rotatable bonds is 23. The van der Waals surface area contributed by atoms with Crippen LogP contribution in [0.1, 0.15) is 153 Å². The van der Waals surface area contributed by atoms with E-state index >= 15 is 0 Å². The van der Waals surface area contributed by atoms with Crippen LogP contribution in [-0.2, 0) is 18.4 Å². The first-order valence-electron chi connectivity index (χ1n) is 17.7. The molecule has 1 aromatic heterocycles.